The lowest BCUT2D eigenvalue weighted by Crippen LogP contribution is -2.04. The summed E-state index contributed by atoms with van der Waals surface area (Å²) in [7, 11) is 0. The molecule has 0 aromatic rings. The van der Waals surface area contributed by atoms with E-state index in [1.54, 1.807) is 0 Å². The fourth-order valence-corrected chi connectivity index (χ4v) is 0.142. The summed E-state index contributed by atoms with van der Waals surface area (Å²) in [5.74, 6) is 0. The maximum atomic E-state index is 11.0. The van der Waals surface area contributed by atoms with Gasteiger partial charge in [0.1, 0.15) is 13.4 Å². The highest BCUT2D eigenvalue weighted by molar-refractivity contribution is 4.28. The normalized spacial score (nSPS) is 10.3. The van der Waals surface area contributed by atoms with Crippen molar-refractivity contribution in [2.45, 2.75) is 6.43 Å². The van der Waals surface area contributed by atoms with Crippen LogP contribution in [0.25, 0.3) is 0 Å². The zero-order chi connectivity index (χ0) is 5.70. The molecular formula is C3H6F2O2. The molecule has 0 aromatic heterocycles. The van der Waals surface area contributed by atoms with Crippen molar-refractivity contribution in [2.75, 3.05) is 13.4 Å². The van der Waals surface area contributed by atoms with Gasteiger partial charge >= 0.3 is 0 Å². The summed E-state index contributed by atoms with van der Waals surface area (Å²) < 4.78 is 25.9. The van der Waals surface area contributed by atoms with Gasteiger partial charge in [0.05, 0.1) is 0 Å². The van der Waals surface area contributed by atoms with E-state index in [2.05, 4.69) is 4.74 Å². The summed E-state index contributed by atoms with van der Waals surface area (Å²) in [5, 5.41) is 7.76. The van der Waals surface area contributed by atoms with E-state index in [0.29, 0.717) is 0 Å². The molecule has 0 spiro atoms. The Bertz CT molecular complexity index is 39.9. The van der Waals surface area contributed by atoms with E-state index >= 15 is 0 Å². The fourth-order valence-electron chi connectivity index (χ4n) is 0.142. The average molecular weight is 112 g/mol. The number of alkyl halides is 2. The first-order valence-corrected chi connectivity index (χ1v) is 1.74. The molecule has 7 heavy (non-hydrogen) atoms. The van der Waals surface area contributed by atoms with Gasteiger partial charge in [-0.3, -0.25) is 0 Å². The molecule has 0 fully saturated rings. The van der Waals surface area contributed by atoms with Crippen molar-refractivity contribution in [2.24, 2.45) is 0 Å². The predicted octanol–water partition coefficient (Wildman–Crippen LogP) is 0.218. The van der Waals surface area contributed by atoms with Crippen molar-refractivity contribution in [1.29, 1.82) is 0 Å². The molecule has 0 saturated carbocycles. The molecule has 0 radical (unpaired) electrons. The molecule has 0 atom stereocenters. The molecule has 0 aliphatic carbocycles. The first-order valence-electron chi connectivity index (χ1n) is 1.74. The van der Waals surface area contributed by atoms with E-state index in [1.165, 1.54) is 0 Å². The van der Waals surface area contributed by atoms with Crippen LogP contribution in [-0.2, 0) is 4.74 Å². The number of ether oxygens (including phenoxy) is 1. The van der Waals surface area contributed by atoms with Crippen LogP contribution in [0.2, 0.25) is 0 Å². The van der Waals surface area contributed by atoms with Gasteiger partial charge in [-0.15, -0.1) is 0 Å². The largest absolute Gasteiger partial charge is 0.371 e. The standard InChI is InChI=1S/C3H6F2O2/c4-3(5)1-7-2-6/h3,6H,1-2H2. The Balaban J connectivity index is 2.68. The number of aliphatic hydroxyl groups is 1. The molecule has 0 saturated heterocycles. The molecular weight excluding hydrogens is 106 g/mol. The minimum absolute atomic E-state index is 0.635. The van der Waals surface area contributed by atoms with Crippen LogP contribution in [0.15, 0.2) is 0 Å². The Morgan fingerprint density at radius 1 is 1.57 bits per heavy atom. The minimum atomic E-state index is -2.48. The summed E-state index contributed by atoms with van der Waals surface area (Å²) in [5.41, 5.74) is 0. The van der Waals surface area contributed by atoms with E-state index in [-0.39, 0.29) is 0 Å². The molecule has 0 unspecified atom stereocenters. The van der Waals surface area contributed by atoms with Crippen molar-refractivity contribution in [1.82, 2.24) is 0 Å². The Morgan fingerprint density at radius 3 is 2.29 bits per heavy atom. The topological polar surface area (TPSA) is 29.5 Å². The molecule has 0 amide bonds. The first kappa shape index (κ1) is 6.78. The predicted molar refractivity (Wildman–Crippen MR) is 19.0 cm³/mol. The SMILES string of the molecule is OCOCC(F)F. The third-order valence-corrected chi connectivity index (χ3v) is 0.335. The molecule has 0 aliphatic heterocycles. The second kappa shape index (κ2) is 3.95. The average Bonchev–Trinajstić information content (AvgIpc) is 1.61. The van der Waals surface area contributed by atoms with Gasteiger partial charge < -0.3 is 9.84 Å². The molecule has 1 N–H and O–H groups in total. The zero-order valence-corrected chi connectivity index (χ0v) is 3.60. The molecule has 0 heterocycles. The zero-order valence-electron chi connectivity index (χ0n) is 3.60. The minimum Gasteiger partial charge on any atom is -0.371 e. The van der Waals surface area contributed by atoms with E-state index in [1.807, 2.05) is 0 Å². The van der Waals surface area contributed by atoms with Gasteiger partial charge in [-0.25, -0.2) is 8.78 Å². The van der Waals surface area contributed by atoms with E-state index in [0.717, 1.165) is 0 Å². The van der Waals surface area contributed by atoms with Gasteiger partial charge in [-0.1, -0.05) is 0 Å². The molecule has 0 bridgehead atoms. The van der Waals surface area contributed by atoms with Crippen LogP contribution in [-0.4, -0.2) is 24.9 Å². The van der Waals surface area contributed by atoms with Crippen molar-refractivity contribution in [3.05, 3.63) is 0 Å². The highest BCUT2D eigenvalue weighted by Gasteiger charge is 1.98. The fraction of sp³-hybridized carbons (Fsp3) is 1.00. The molecule has 0 aliphatic rings. The monoisotopic (exact) mass is 112 g/mol. The summed E-state index contributed by atoms with van der Waals surface area (Å²) in [4.78, 5) is 0. The molecule has 0 aromatic carbocycles. The Hall–Kier alpha value is -0.220. The van der Waals surface area contributed by atoms with Crippen molar-refractivity contribution in [3.8, 4) is 0 Å². The van der Waals surface area contributed by atoms with Crippen molar-refractivity contribution >= 4 is 0 Å². The van der Waals surface area contributed by atoms with Crippen molar-refractivity contribution in [3.63, 3.8) is 0 Å². The third-order valence-electron chi connectivity index (χ3n) is 0.335. The lowest BCUT2D eigenvalue weighted by atomic mass is 10.8. The van der Waals surface area contributed by atoms with Gasteiger partial charge in [0.2, 0.25) is 0 Å². The van der Waals surface area contributed by atoms with Gasteiger partial charge in [0, 0.05) is 0 Å². The van der Waals surface area contributed by atoms with Crippen LogP contribution in [0.1, 0.15) is 0 Å². The van der Waals surface area contributed by atoms with Gasteiger partial charge in [0.15, 0.2) is 0 Å². The lowest BCUT2D eigenvalue weighted by Gasteiger charge is -1.94. The maximum Gasteiger partial charge on any atom is 0.261 e. The molecule has 4 heteroatoms. The van der Waals surface area contributed by atoms with Crippen LogP contribution >= 0.6 is 0 Å². The summed E-state index contributed by atoms with van der Waals surface area (Å²) in [6.07, 6.45) is -2.48. The highest BCUT2D eigenvalue weighted by atomic mass is 19.3. The Morgan fingerprint density at radius 2 is 2.14 bits per heavy atom. The van der Waals surface area contributed by atoms with Crippen LogP contribution in [0, 0.1) is 0 Å². The van der Waals surface area contributed by atoms with Gasteiger partial charge in [-0.05, 0) is 0 Å². The first-order chi connectivity index (χ1) is 3.27. The lowest BCUT2D eigenvalue weighted by molar-refractivity contribution is -0.0520. The molecule has 0 rings (SSSR count). The number of halogens is 2. The van der Waals surface area contributed by atoms with E-state index < -0.39 is 19.8 Å². The summed E-state index contributed by atoms with van der Waals surface area (Å²) in [6, 6.07) is 0. The van der Waals surface area contributed by atoms with Gasteiger partial charge in [-0.2, -0.15) is 0 Å². The smallest absolute Gasteiger partial charge is 0.261 e. The van der Waals surface area contributed by atoms with Crippen LogP contribution in [0.3, 0.4) is 0 Å². The number of hydrogen-bond acceptors (Lipinski definition) is 2. The molecule has 2 nitrogen and oxygen atoms in total. The summed E-state index contributed by atoms with van der Waals surface area (Å²) >= 11 is 0. The number of aliphatic hydroxyl groups excluding tert-OH is 1. The highest BCUT2D eigenvalue weighted by Crippen LogP contribution is 1.90. The molecule has 44 valence electrons. The Labute approximate surface area is 39.7 Å². The maximum absolute atomic E-state index is 11.0. The Kier molecular flexibility index (Phi) is 3.83. The number of rotatable bonds is 3. The van der Waals surface area contributed by atoms with Crippen LogP contribution in [0.4, 0.5) is 8.78 Å². The quantitative estimate of drug-likeness (QED) is 0.529. The van der Waals surface area contributed by atoms with Crippen LogP contribution in [0.5, 0.6) is 0 Å². The number of hydrogen-bond donors (Lipinski definition) is 1. The van der Waals surface area contributed by atoms with E-state index in [9.17, 15) is 8.78 Å². The second-order valence-corrected chi connectivity index (χ2v) is 0.891. The third kappa shape index (κ3) is 5.78. The van der Waals surface area contributed by atoms with E-state index in [4.69, 9.17) is 5.11 Å². The van der Waals surface area contributed by atoms with Crippen molar-refractivity contribution < 1.29 is 18.6 Å². The van der Waals surface area contributed by atoms with Crippen LogP contribution < -0.4 is 0 Å². The second-order valence-electron chi connectivity index (χ2n) is 0.891. The summed E-state index contributed by atoms with van der Waals surface area (Å²) in [6.45, 7) is -1.32. The van der Waals surface area contributed by atoms with Gasteiger partial charge in [0.25, 0.3) is 6.43 Å².